The van der Waals surface area contributed by atoms with Gasteiger partial charge in [0.1, 0.15) is 0 Å². The summed E-state index contributed by atoms with van der Waals surface area (Å²) in [6, 6.07) is 4.17. The predicted molar refractivity (Wildman–Crippen MR) is 71.5 cm³/mol. The van der Waals surface area contributed by atoms with E-state index >= 15 is 0 Å². The van der Waals surface area contributed by atoms with E-state index in [-0.39, 0.29) is 29.8 Å². The van der Waals surface area contributed by atoms with Crippen molar-refractivity contribution in [3.05, 3.63) is 39.6 Å². The van der Waals surface area contributed by atoms with Gasteiger partial charge in [0, 0.05) is 17.7 Å². The molecule has 0 unspecified atom stereocenters. The van der Waals surface area contributed by atoms with Crippen molar-refractivity contribution in [2.75, 3.05) is 6.61 Å². The Morgan fingerprint density at radius 1 is 1.52 bits per heavy atom. The van der Waals surface area contributed by atoms with Crippen LogP contribution in [0.5, 0.6) is 5.95 Å². The van der Waals surface area contributed by atoms with Crippen molar-refractivity contribution in [1.82, 2.24) is 4.98 Å². The number of ether oxygens (including phenoxy) is 1. The fourth-order valence-corrected chi connectivity index (χ4v) is 1.74. The number of aryl methyl sites for hydroxylation is 1. The van der Waals surface area contributed by atoms with Crippen molar-refractivity contribution in [2.45, 2.75) is 13.8 Å². The van der Waals surface area contributed by atoms with Gasteiger partial charge in [-0.3, -0.25) is 10.1 Å². The van der Waals surface area contributed by atoms with Crippen LogP contribution in [0.25, 0.3) is 11.5 Å². The molecule has 0 aliphatic carbocycles. The molecular weight excluding hydrogens is 280 g/mol. The van der Waals surface area contributed by atoms with Crippen molar-refractivity contribution in [2.24, 2.45) is 0 Å². The number of benzene rings is 1. The molecule has 0 spiro atoms. The number of rotatable bonds is 5. The smallest absolute Gasteiger partial charge is 0.362 e. The van der Waals surface area contributed by atoms with E-state index in [2.05, 4.69) is 4.98 Å². The monoisotopic (exact) mass is 292 g/mol. The van der Waals surface area contributed by atoms with Crippen LogP contribution in [0.15, 0.2) is 22.6 Å². The molecule has 21 heavy (non-hydrogen) atoms. The highest BCUT2D eigenvalue weighted by Crippen LogP contribution is 2.31. The second-order valence-electron chi connectivity index (χ2n) is 4.15. The predicted octanol–water partition coefficient (Wildman–Crippen LogP) is 2.66. The van der Waals surface area contributed by atoms with E-state index in [0.29, 0.717) is 11.1 Å². The first-order valence-electron chi connectivity index (χ1n) is 6.06. The second-order valence-corrected chi connectivity index (χ2v) is 4.15. The zero-order chi connectivity index (χ0) is 15.6. The van der Waals surface area contributed by atoms with Gasteiger partial charge in [-0.15, -0.1) is 0 Å². The molecule has 0 aliphatic heterocycles. The Kier molecular flexibility index (Phi) is 3.88. The summed E-state index contributed by atoms with van der Waals surface area (Å²) in [4.78, 5) is 25.2. The lowest BCUT2D eigenvalue weighted by atomic mass is 10.1. The Hall–Kier alpha value is -2.90. The number of carboxylic acids is 1. The number of hydrogen-bond donors (Lipinski definition) is 1. The van der Waals surface area contributed by atoms with Gasteiger partial charge in [-0.05, 0) is 19.4 Å². The summed E-state index contributed by atoms with van der Waals surface area (Å²) in [5.41, 5.74) is 0.515. The van der Waals surface area contributed by atoms with Crippen LogP contribution in [0.3, 0.4) is 0 Å². The number of nitrogens with zero attached hydrogens (tertiary/aromatic N) is 2. The van der Waals surface area contributed by atoms with Crippen molar-refractivity contribution in [3.63, 3.8) is 0 Å². The number of nitro groups is 1. The molecule has 1 aromatic heterocycles. The molecule has 0 amide bonds. The Morgan fingerprint density at radius 3 is 2.81 bits per heavy atom. The van der Waals surface area contributed by atoms with Gasteiger partial charge in [0.15, 0.2) is 0 Å². The van der Waals surface area contributed by atoms with E-state index in [4.69, 9.17) is 14.3 Å². The standard InChI is InChI=1S/C13H12N2O6/c1-3-20-13-10(12(16)17)14-11(21-13)9-6-8(15(18)19)5-4-7(9)2/h4-6H,3H2,1-2H3,(H,16,17). The minimum absolute atomic E-state index is 0.0305. The number of nitro benzene ring substituents is 1. The zero-order valence-electron chi connectivity index (χ0n) is 11.3. The molecule has 0 aliphatic rings. The number of carboxylic acid groups (broad SMARTS) is 1. The Labute approximate surface area is 119 Å². The maximum atomic E-state index is 11.1. The Morgan fingerprint density at radius 2 is 2.24 bits per heavy atom. The molecule has 8 nitrogen and oxygen atoms in total. The van der Waals surface area contributed by atoms with Gasteiger partial charge in [-0.1, -0.05) is 6.07 Å². The summed E-state index contributed by atoms with van der Waals surface area (Å²) in [5, 5.41) is 19.9. The van der Waals surface area contributed by atoms with Crippen LogP contribution >= 0.6 is 0 Å². The maximum Gasteiger partial charge on any atom is 0.362 e. The molecule has 2 rings (SSSR count). The lowest BCUT2D eigenvalue weighted by Gasteiger charge is -2.01. The maximum absolute atomic E-state index is 11.1. The van der Waals surface area contributed by atoms with Gasteiger partial charge >= 0.3 is 11.9 Å². The largest absolute Gasteiger partial charge is 0.476 e. The number of non-ortho nitro benzene ring substituents is 1. The first-order chi connectivity index (χ1) is 9.93. The van der Waals surface area contributed by atoms with Crippen LogP contribution in [-0.4, -0.2) is 27.6 Å². The van der Waals surface area contributed by atoms with E-state index in [9.17, 15) is 14.9 Å². The first-order valence-corrected chi connectivity index (χ1v) is 6.06. The van der Waals surface area contributed by atoms with Crippen molar-refractivity contribution in [3.8, 4) is 17.4 Å². The molecule has 110 valence electrons. The molecule has 0 radical (unpaired) electrons. The van der Waals surface area contributed by atoms with E-state index in [1.165, 1.54) is 12.1 Å². The topological polar surface area (TPSA) is 116 Å². The Balaban J connectivity index is 2.56. The number of hydrogen-bond acceptors (Lipinski definition) is 6. The van der Waals surface area contributed by atoms with Gasteiger partial charge in [-0.2, -0.15) is 4.98 Å². The van der Waals surface area contributed by atoms with Crippen molar-refractivity contribution in [1.29, 1.82) is 0 Å². The number of aromatic nitrogens is 1. The summed E-state index contributed by atoms with van der Waals surface area (Å²) in [6.45, 7) is 3.60. The Bertz CT molecular complexity index is 707. The fourth-order valence-electron chi connectivity index (χ4n) is 1.74. The highest BCUT2D eigenvalue weighted by Gasteiger charge is 2.23. The molecular formula is C13H12N2O6. The van der Waals surface area contributed by atoms with Crippen LogP contribution in [0, 0.1) is 17.0 Å². The average Bonchev–Trinajstić information content (AvgIpc) is 2.83. The van der Waals surface area contributed by atoms with Crippen LogP contribution in [0.4, 0.5) is 5.69 Å². The summed E-state index contributed by atoms with van der Waals surface area (Å²) in [7, 11) is 0. The lowest BCUT2D eigenvalue weighted by Crippen LogP contribution is -2.01. The van der Waals surface area contributed by atoms with Crippen LogP contribution in [0.2, 0.25) is 0 Å². The molecule has 0 fully saturated rings. The second kappa shape index (κ2) is 5.61. The van der Waals surface area contributed by atoms with E-state index < -0.39 is 10.9 Å². The third-order valence-electron chi connectivity index (χ3n) is 2.74. The molecule has 0 saturated carbocycles. The van der Waals surface area contributed by atoms with Gasteiger partial charge in [-0.25, -0.2) is 4.79 Å². The van der Waals surface area contributed by atoms with Gasteiger partial charge in [0.05, 0.1) is 11.5 Å². The number of carbonyl (C=O) groups is 1. The van der Waals surface area contributed by atoms with Crippen LogP contribution in [0.1, 0.15) is 23.0 Å². The molecule has 1 aromatic carbocycles. The summed E-state index contributed by atoms with van der Waals surface area (Å²) < 4.78 is 10.4. The lowest BCUT2D eigenvalue weighted by molar-refractivity contribution is -0.384. The third kappa shape index (κ3) is 2.83. The summed E-state index contributed by atoms with van der Waals surface area (Å²) in [5.74, 6) is -1.54. The molecule has 0 bridgehead atoms. The highest BCUT2D eigenvalue weighted by molar-refractivity contribution is 5.88. The average molecular weight is 292 g/mol. The number of aromatic carboxylic acids is 1. The quantitative estimate of drug-likeness (QED) is 0.665. The minimum atomic E-state index is -1.29. The molecule has 1 heterocycles. The van der Waals surface area contributed by atoms with Gasteiger partial charge in [0.2, 0.25) is 11.6 Å². The zero-order valence-corrected chi connectivity index (χ0v) is 11.3. The number of oxazole rings is 1. The van der Waals surface area contributed by atoms with E-state index in [1.54, 1.807) is 19.9 Å². The highest BCUT2D eigenvalue weighted by atomic mass is 16.6. The summed E-state index contributed by atoms with van der Waals surface area (Å²) in [6.07, 6.45) is 0. The molecule has 0 saturated heterocycles. The van der Waals surface area contributed by atoms with Crippen molar-refractivity contribution < 1.29 is 24.0 Å². The normalized spacial score (nSPS) is 10.4. The molecule has 0 atom stereocenters. The van der Waals surface area contributed by atoms with Crippen LogP contribution < -0.4 is 4.74 Å². The molecule has 2 aromatic rings. The SMILES string of the molecule is CCOc1oc(-c2cc([N+](=O)[O-])ccc2C)nc1C(=O)O. The van der Waals surface area contributed by atoms with Gasteiger partial charge < -0.3 is 14.3 Å². The van der Waals surface area contributed by atoms with Crippen molar-refractivity contribution >= 4 is 11.7 Å². The molecule has 8 heteroatoms. The van der Waals surface area contributed by atoms with E-state index in [0.717, 1.165) is 0 Å². The van der Waals surface area contributed by atoms with E-state index in [1.807, 2.05) is 0 Å². The fraction of sp³-hybridized carbons (Fsp3) is 0.231. The van der Waals surface area contributed by atoms with Crippen LogP contribution in [-0.2, 0) is 0 Å². The minimum Gasteiger partial charge on any atom is -0.476 e. The summed E-state index contributed by atoms with van der Waals surface area (Å²) >= 11 is 0. The van der Waals surface area contributed by atoms with Gasteiger partial charge in [0.25, 0.3) is 5.69 Å². The first kappa shape index (κ1) is 14.5. The third-order valence-corrected chi connectivity index (χ3v) is 2.74. The molecule has 1 N–H and O–H groups in total.